The zero-order chi connectivity index (χ0) is 11.4. The smallest absolute Gasteiger partial charge is 0.237 e. The molecule has 0 saturated heterocycles. The van der Waals surface area contributed by atoms with Gasteiger partial charge in [-0.05, 0) is 24.7 Å². The zero-order valence-corrected chi connectivity index (χ0v) is 10.1. The van der Waals surface area contributed by atoms with Gasteiger partial charge >= 0.3 is 0 Å². The molecule has 1 aliphatic carbocycles. The molecule has 0 spiro atoms. The van der Waals surface area contributed by atoms with Gasteiger partial charge in [-0.15, -0.1) is 0 Å². The van der Waals surface area contributed by atoms with Crippen molar-refractivity contribution in [3.8, 4) is 0 Å². The Kier molecular flexibility index (Phi) is 4.58. The summed E-state index contributed by atoms with van der Waals surface area (Å²) in [7, 11) is 0. The summed E-state index contributed by atoms with van der Waals surface area (Å²) in [6, 6.07) is 0.00964. The molecule has 0 aromatic carbocycles. The Morgan fingerprint density at radius 3 is 2.67 bits per heavy atom. The minimum absolute atomic E-state index is 0.0306. The third kappa shape index (κ3) is 3.20. The van der Waals surface area contributed by atoms with Gasteiger partial charge < -0.3 is 11.1 Å². The van der Waals surface area contributed by atoms with Crippen LogP contribution < -0.4 is 11.1 Å². The van der Waals surface area contributed by atoms with Crippen LogP contribution in [0.3, 0.4) is 0 Å². The maximum Gasteiger partial charge on any atom is 0.237 e. The number of rotatable bonds is 4. The van der Waals surface area contributed by atoms with Gasteiger partial charge in [-0.25, -0.2) is 0 Å². The van der Waals surface area contributed by atoms with Gasteiger partial charge in [-0.1, -0.05) is 33.6 Å². The number of carbonyl (C=O) groups is 1. The lowest BCUT2D eigenvalue weighted by Crippen LogP contribution is -2.48. The lowest BCUT2D eigenvalue weighted by atomic mass is 9.98. The van der Waals surface area contributed by atoms with E-state index in [1.807, 2.05) is 6.92 Å². The minimum Gasteiger partial charge on any atom is -0.352 e. The summed E-state index contributed by atoms with van der Waals surface area (Å²) in [6.45, 7) is 6.30. The van der Waals surface area contributed by atoms with Crippen LogP contribution in [0, 0.1) is 11.8 Å². The molecule has 3 heteroatoms. The second-order valence-electron chi connectivity index (χ2n) is 4.93. The first kappa shape index (κ1) is 12.5. The fraction of sp³-hybridized carbons (Fsp3) is 0.917. The van der Waals surface area contributed by atoms with Crippen LogP contribution in [-0.2, 0) is 4.79 Å². The second-order valence-corrected chi connectivity index (χ2v) is 4.93. The number of carbonyl (C=O) groups excluding carboxylic acids is 1. The summed E-state index contributed by atoms with van der Waals surface area (Å²) >= 11 is 0. The Bertz CT molecular complexity index is 218. The van der Waals surface area contributed by atoms with E-state index in [0.29, 0.717) is 12.0 Å². The predicted octanol–water partition coefficient (Wildman–Crippen LogP) is 1.66. The molecule has 15 heavy (non-hydrogen) atoms. The van der Waals surface area contributed by atoms with Crippen LogP contribution in [0.15, 0.2) is 0 Å². The number of nitrogens with one attached hydrogen (secondary N) is 1. The van der Waals surface area contributed by atoms with Crippen LogP contribution >= 0.6 is 0 Å². The van der Waals surface area contributed by atoms with Crippen LogP contribution in [0.1, 0.15) is 46.5 Å². The van der Waals surface area contributed by atoms with Crippen molar-refractivity contribution in [2.24, 2.45) is 17.6 Å². The fourth-order valence-electron chi connectivity index (χ4n) is 2.15. The molecule has 1 aliphatic rings. The third-order valence-electron chi connectivity index (χ3n) is 3.75. The van der Waals surface area contributed by atoms with Crippen LogP contribution in [-0.4, -0.2) is 18.0 Å². The molecular formula is C12H24N2O. The molecule has 0 radical (unpaired) electrons. The van der Waals surface area contributed by atoms with Crippen molar-refractivity contribution in [3.05, 3.63) is 0 Å². The lowest BCUT2D eigenvalue weighted by Gasteiger charge is -2.22. The fourth-order valence-corrected chi connectivity index (χ4v) is 2.15. The summed E-state index contributed by atoms with van der Waals surface area (Å²) in [5.74, 6) is 0.905. The van der Waals surface area contributed by atoms with E-state index in [1.54, 1.807) is 0 Å². The summed E-state index contributed by atoms with van der Waals surface area (Å²) in [4.78, 5) is 11.8. The molecule has 1 fully saturated rings. The van der Waals surface area contributed by atoms with E-state index < -0.39 is 0 Å². The summed E-state index contributed by atoms with van der Waals surface area (Å²) in [6.07, 6.45) is 4.52. The molecular weight excluding hydrogens is 188 g/mol. The lowest BCUT2D eigenvalue weighted by molar-refractivity contribution is -0.124. The van der Waals surface area contributed by atoms with E-state index in [1.165, 1.54) is 12.8 Å². The monoisotopic (exact) mass is 212 g/mol. The molecule has 3 N–H and O–H groups in total. The molecule has 1 rings (SSSR count). The van der Waals surface area contributed by atoms with Crippen molar-refractivity contribution in [3.63, 3.8) is 0 Å². The van der Waals surface area contributed by atoms with E-state index in [9.17, 15) is 4.79 Å². The van der Waals surface area contributed by atoms with Crippen LogP contribution in [0.25, 0.3) is 0 Å². The number of hydrogen-bond donors (Lipinski definition) is 2. The average molecular weight is 212 g/mol. The first-order valence-corrected chi connectivity index (χ1v) is 6.12. The second kappa shape index (κ2) is 5.50. The number of amides is 1. The summed E-state index contributed by atoms with van der Waals surface area (Å²) in [5, 5.41) is 3.08. The van der Waals surface area contributed by atoms with Gasteiger partial charge in [0.2, 0.25) is 5.91 Å². The van der Waals surface area contributed by atoms with Crippen LogP contribution in [0.4, 0.5) is 0 Å². The minimum atomic E-state index is -0.345. The first-order chi connectivity index (χ1) is 7.06. The number of nitrogens with two attached hydrogens (primary N) is 1. The highest BCUT2D eigenvalue weighted by atomic mass is 16.2. The molecule has 0 aliphatic heterocycles. The maximum atomic E-state index is 11.8. The molecule has 3 unspecified atom stereocenters. The third-order valence-corrected chi connectivity index (χ3v) is 3.75. The van der Waals surface area contributed by atoms with E-state index in [0.717, 1.165) is 12.8 Å². The Morgan fingerprint density at radius 2 is 2.20 bits per heavy atom. The van der Waals surface area contributed by atoms with Gasteiger partial charge in [0.25, 0.3) is 0 Å². The summed E-state index contributed by atoms with van der Waals surface area (Å²) in [5.41, 5.74) is 5.88. The van der Waals surface area contributed by atoms with Crippen molar-refractivity contribution < 1.29 is 4.79 Å². The van der Waals surface area contributed by atoms with Crippen molar-refractivity contribution in [1.82, 2.24) is 5.32 Å². The highest BCUT2D eigenvalue weighted by molar-refractivity contribution is 5.82. The van der Waals surface area contributed by atoms with Gasteiger partial charge in [0.1, 0.15) is 0 Å². The molecule has 0 bridgehead atoms. The van der Waals surface area contributed by atoms with E-state index in [4.69, 9.17) is 5.73 Å². The molecule has 88 valence electrons. The molecule has 0 aromatic heterocycles. The largest absolute Gasteiger partial charge is 0.352 e. The normalized spacial score (nSPS) is 29.9. The van der Waals surface area contributed by atoms with Gasteiger partial charge in [0.15, 0.2) is 0 Å². The SMILES string of the molecule is CCC(C)[C@H](N)C(=O)NC1CCCC1C. The molecule has 1 amide bonds. The Hall–Kier alpha value is -0.570. The zero-order valence-electron chi connectivity index (χ0n) is 10.1. The van der Waals surface area contributed by atoms with Crippen molar-refractivity contribution in [2.75, 3.05) is 0 Å². The topological polar surface area (TPSA) is 55.1 Å². The molecule has 1 saturated carbocycles. The molecule has 0 aromatic rings. The highest BCUT2D eigenvalue weighted by Crippen LogP contribution is 2.24. The van der Waals surface area contributed by atoms with Gasteiger partial charge in [0, 0.05) is 6.04 Å². The van der Waals surface area contributed by atoms with E-state index >= 15 is 0 Å². The Balaban J connectivity index is 2.40. The molecule has 0 heterocycles. The maximum absolute atomic E-state index is 11.8. The van der Waals surface area contributed by atoms with Crippen LogP contribution in [0.5, 0.6) is 0 Å². The predicted molar refractivity (Wildman–Crippen MR) is 62.4 cm³/mol. The standard InChI is InChI=1S/C12H24N2O/c1-4-8(2)11(13)12(15)14-10-7-5-6-9(10)3/h8-11H,4-7,13H2,1-3H3,(H,14,15)/t8?,9?,10?,11-/m0/s1. The van der Waals surface area contributed by atoms with E-state index in [2.05, 4.69) is 19.2 Å². The quantitative estimate of drug-likeness (QED) is 0.744. The van der Waals surface area contributed by atoms with Gasteiger partial charge in [0.05, 0.1) is 6.04 Å². The molecule has 3 nitrogen and oxygen atoms in total. The highest BCUT2D eigenvalue weighted by Gasteiger charge is 2.27. The summed E-state index contributed by atoms with van der Waals surface area (Å²) < 4.78 is 0. The number of hydrogen-bond acceptors (Lipinski definition) is 2. The Morgan fingerprint density at radius 1 is 1.53 bits per heavy atom. The van der Waals surface area contributed by atoms with Crippen molar-refractivity contribution >= 4 is 5.91 Å². The average Bonchev–Trinajstić information content (AvgIpc) is 2.62. The Labute approximate surface area is 92.8 Å². The van der Waals surface area contributed by atoms with E-state index in [-0.39, 0.29) is 17.9 Å². The van der Waals surface area contributed by atoms with Gasteiger partial charge in [-0.3, -0.25) is 4.79 Å². The van der Waals surface area contributed by atoms with Crippen LogP contribution in [0.2, 0.25) is 0 Å². The molecule has 4 atom stereocenters. The van der Waals surface area contributed by atoms with Crippen molar-refractivity contribution in [1.29, 1.82) is 0 Å². The first-order valence-electron chi connectivity index (χ1n) is 6.12. The van der Waals surface area contributed by atoms with Gasteiger partial charge in [-0.2, -0.15) is 0 Å². The van der Waals surface area contributed by atoms with Crippen molar-refractivity contribution in [2.45, 2.75) is 58.5 Å².